The lowest BCUT2D eigenvalue weighted by Crippen LogP contribution is -2.51. The van der Waals surface area contributed by atoms with Gasteiger partial charge in [-0.15, -0.1) is 0 Å². The number of Topliss-reactive ketones (excluding diaryl/α,β-unsaturated/α-hetero) is 2. The van der Waals surface area contributed by atoms with Gasteiger partial charge >= 0.3 is 0 Å². The van der Waals surface area contributed by atoms with Crippen LogP contribution in [0.1, 0.15) is 46.5 Å². The molecule has 0 aliphatic heterocycles. The molecule has 0 unspecified atom stereocenters. The second kappa shape index (κ2) is 4.76. The highest BCUT2D eigenvalue weighted by atomic mass is 16.3. The second-order valence-electron chi connectivity index (χ2n) is 6.59. The van der Waals surface area contributed by atoms with Crippen LogP contribution in [0.5, 0.6) is 0 Å². The molecule has 0 aromatic heterocycles. The Morgan fingerprint density at radius 3 is 2.67 bits per heavy atom. The number of hydrogen-bond acceptors (Lipinski definition) is 3. The lowest BCUT2D eigenvalue weighted by Gasteiger charge is -2.49. The smallest absolute Gasteiger partial charge is 0.140 e. The number of aliphatic hydroxyl groups is 1. The molecule has 1 N–H and O–H groups in total. The summed E-state index contributed by atoms with van der Waals surface area (Å²) in [7, 11) is 0. The van der Waals surface area contributed by atoms with E-state index in [2.05, 4.69) is 6.92 Å². The largest absolute Gasteiger partial charge is 0.396 e. The number of carbonyl (C=O) groups excluding carboxylic acids is 2. The van der Waals surface area contributed by atoms with E-state index in [1.807, 2.05) is 13.8 Å². The molecule has 2 aliphatic rings. The van der Waals surface area contributed by atoms with Crippen molar-refractivity contribution < 1.29 is 14.7 Å². The summed E-state index contributed by atoms with van der Waals surface area (Å²) < 4.78 is 0. The van der Waals surface area contributed by atoms with E-state index in [0.29, 0.717) is 6.42 Å². The van der Waals surface area contributed by atoms with Gasteiger partial charge in [0.2, 0.25) is 0 Å². The standard InChI is InChI=1S/C15H24O3/c1-9(8-16)11-4-6-15(3)7-5-12(17)10(2)13(15)14(11)18/h9-11,13,16H,4-8H2,1-3H3/t9-,10-,11+,13-,15+/m1/s1. The van der Waals surface area contributed by atoms with E-state index in [0.717, 1.165) is 19.3 Å². The van der Waals surface area contributed by atoms with Crippen LogP contribution in [0.2, 0.25) is 0 Å². The number of carbonyl (C=O) groups is 2. The van der Waals surface area contributed by atoms with Gasteiger partial charge in [0.05, 0.1) is 0 Å². The summed E-state index contributed by atoms with van der Waals surface area (Å²) in [4.78, 5) is 24.5. The quantitative estimate of drug-likeness (QED) is 0.820. The Hall–Kier alpha value is -0.700. The van der Waals surface area contributed by atoms with Gasteiger partial charge in [0, 0.05) is 30.8 Å². The van der Waals surface area contributed by atoms with Gasteiger partial charge in [0.1, 0.15) is 11.6 Å². The predicted octanol–water partition coefficient (Wildman–Crippen LogP) is 2.22. The number of ketones is 2. The summed E-state index contributed by atoms with van der Waals surface area (Å²) in [5.41, 5.74) is 0.0100. The molecule has 0 saturated heterocycles. The van der Waals surface area contributed by atoms with Gasteiger partial charge in [-0.3, -0.25) is 9.59 Å². The Bertz CT molecular complexity index is 363. The third kappa shape index (κ3) is 2.03. The number of fused-ring (bicyclic) bond motifs is 1. The van der Waals surface area contributed by atoms with Crippen LogP contribution in [0.4, 0.5) is 0 Å². The van der Waals surface area contributed by atoms with Gasteiger partial charge in [-0.1, -0.05) is 20.8 Å². The van der Waals surface area contributed by atoms with E-state index in [9.17, 15) is 14.7 Å². The number of rotatable bonds is 2. The molecule has 2 aliphatic carbocycles. The molecule has 0 heterocycles. The maximum atomic E-state index is 12.7. The molecule has 0 spiro atoms. The van der Waals surface area contributed by atoms with E-state index in [1.54, 1.807) is 0 Å². The molecular formula is C15H24O3. The molecule has 0 bridgehead atoms. The zero-order valence-corrected chi connectivity index (χ0v) is 11.6. The fourth-order valence-corrected chi connectivity index (χ4v) is 4.00. The van der Waals surface area contributed by atoms with E-state index in [1.165, 1.54) is 0 Å². The summed E-state index contributed by atoms with van der Waals surface area (Å²) in [5, 5.41) is 9.26. The first-order valence-electron chi connectivity index (χ1n) is 7.08. The Kier molecular flexibility index (Phi) is 3.63. The van der Waals surface area contributed by atoms with Crippen molar-refractivity contribution in [2.75, 3.05) is 6.61 Å². The molecule has 3 nitrogen and oxygen atoms in total. The third-order valence-electron chi connectivity index (χ3n) is 5.37. The Balaban J connectivity index is 2.27. The van der Waals surface area contributed by atoms with Crippen molar-refractivity contribution in [1.29, 1.82) is 0 Å². The van der Waals surface area contributed by atoms with Gasteiger partial charge < -0.3 is 5.11 Å². The van der Waals surface area contributed by atoms with E-state index in [4.69, 9.17) is 0 Å². The summed E-state index contributed by atoms with van der Waals surface area (Å²) in [5.74, 6) is 0.179. The van der Waals surface area contributed by atoms with Crippen LogP contribution in [0, 0.1) is 29.1 Å². The van der Waals surface area contributed by atoms with Crippen LogP contribution in [0.25, 0.3) is 0 Å². The van der Waals surface area contributed by atoms with E-state index < -0.39 is 0 Å². The van der Waals surface area contributed by atoms with E-state index >= 15 is 0 Å². The first-order valence-corrected chi connectivity index (χ1v) is 7.08. The molecule has 102 valence electrons. The first-order chi connectivity index (χ1) is 8.40. The second-order valence-corrected chi connectivity index (χ2v) is 6.59. The molecule has 18 heavy (non-hydrogen) atoms. The Morgan fingerprint density at radius 1 is 1.39 bits per heavy atom. The van der Waals surface area contributed by atoms with Crippen molar-refractivity contribution in [3.05, 3.63) is 0 Å². The minimum Gasteiger partial charge on any atom is -0.396 e. The lowest BCUT2D eigenvalue weighted by atomic mass is 9.53. The maximum absolute atomic E-state index is 12.7. The van der Waals surface area contributed by atoms with Crippen molar-refractivity contribution in [1.82, 2.24) is 0 Å². The number of aliphatic hydroxyl groups excluding tert-OH is 1. The molecule has 0 aromatic rings. The minimum atomic E-state index is -0.134. The van der Waals surface area contributed by atoms with Crippen molar-refractivity contribution in [3.8, 4) is 0 Å². The first kappa shape index (κ1) is 13.7. The molecule has 2 saturated carbocycles. The van der Waals surface area contributed by atoms with Gasteiger partial charge in [-0.2, -0.15) is 0 Å². The van der Waals surface area contributed by atoms with E-state index in [-0.39, 0.29) is 47.3 Å². The molecule has 0 aromatic carbocycles. The maximum Gasteiger partial charge on any atom is 0.140 e. The molecule has 0 radical (unpaired) electrons. The lowest BCUT2D eigenvalue weighted by molar-refractivity contribution is -0.151. The highest BCUT2D eigenvalue weighted by molar-refractivity contribution is 5.93. The predicted molar refractivity (Wildman–Crippen MR) is 69.0 cm³/mol. The Morgan fingerprint density at radius 2 is 2.06 bits per heavy atom. The van der Waals surface area contributed by atoms with Crippen LogP contribution in [0.15, 0.2) is 0 Å². The fourth-order valence-electron chi connectivity index (χ4n) is 4.00. The van der Waals surface area contributed by atoms with Crippen LogP contribution >= 0.6 is 0 Å². The minimum absolute atomic E-state index is 0.0100. The zero-order valence-electron chi connectivity index (χ0n) is 11.6. The van der Waals surface area contributed by atoms with Gasteiger partial charge in [-0.25, -0.2) is 0 Å². The average molecular weight is 252 g/mol. The molecule has 0 amide bonds. The van der Waals surface area contributed by atoms with Gasteiger partial charge in [0.15, 0.2) is 0 Å². The molecular weight excluding hydrogens is 228 g/mol. The average Bonchev–Trinajstić information content (AvgIpc) is 2.34. The zero-order chi connectivity index (χ0) is 13.5. The normalized spacial score (nSPS) is 42.6. The molecule has 2 fully saturated rings. The van der Waals surface area contributed by atoms with Crippen molar-refractivity contribution in [3.63, 3.8) is 0 Å². The summed E-state index contributed by atoms with van der Waals surface area (Å²) in [6.45, 7) is 6.06. The Labute approximate surface area is 109 Å². The van der Waals surface area contributed by atoms with Crippen LogP contribution in [0.3, 0.4) is 0 Å². The summed E-state index contributed by atoms with van der Waals surface area (Å²) in [6, 6.07) is 0. The fraction of sp³-hybridized carbons (Fsp3) is 0.867. The van der Waals surface area contributed by atoms with Gasteiger partial charge in [0.25, 0.3) is 0 Å². The monoisotopic (exact) mass is 252 g/mol. The highest BCUT2D eigenvalue weighted by Crippen LogP contribution is 2.52. The topological polar surface area (TPSA) is 54.4 Å². The van der Waals surface area contributed by atoms with Gasteiger partial charge in [-0.05, 0) is 30.6 Å². The van der Waals surface area contributed by atoms with Crippen LogP contribution < -0.4 is 0 Å². The molecule has 3 heteroatoms. The SMILES string of the molecule is C[C@H](CO)[C@@H]1CC[C@@]2(C)CCC(=O)[C@@H](C)[C@@H]2C1=O. The molecule has 5 atom stereocenters. The van der Waals surface area contributed by atoms with Crippen molar-refractivity contribution in [2.45, 2.75) is 46.5 Å². The number of hydrogen-bond donors (Lipinski definition) is 1. The molecule has 2 rings (SSSR count). The third-order valence-corrected chi connectivity index (χ3v) is 5.37. The van der Waals surface area contributed by atoms with Crippen molar-refractivity contribution in [2.24, 2.45) is 29.1 Å². The van der Waals surface area contributed by atoms with Crippen molar-refractivity contribution >= 4 is 11.6 Å². The highest BCUT2D eigenvalue weighted by Gasteiger charge is 2.52. The summed E-state index contributed by atoms with van der Waals surface area (Å²) in [6.07, 6.45) is 3.36. The van der Waals surface area contributed by atoms with Crippen LogP contribution in [-0.4, -0.2) is 23.3 Å². The van der Waals surface area contributed by atoms with Crippen LogP contribution in [-0.2, 0) is 9.59 Å². The summed E-state index contributed by atoms with van der Waals surface area (Å²) >= 11 is 0.